The van der Waals surface area contributed by atoms with Gasteiger partial charge in [-0.3, -0.25) is 15.1 Å². The molecule has 1 aromatic carbocycles. The molecule has 0 saturated carbocycles. The van der Waals surface area contributed by atoms with Crippen LogP contribution in [0.3, 0.4) is 0 Å². The Kier molecular flexibility index (Phi) is 3.76. The third-order valence-electron chi connectivity index (χ3n) is 2.16. The molecule has 0 atom stereocenters. The van der Waals surface area contributed by atoms with E-state index in [1.54, 1.807) is 0 Å². The molecule has 2 aromatic rings. The summed E-state index contributed by atoms with van der Waals surface area (Å²) in [6.45, 7) is 0. The maximum Gasteiger partial charge on any atom is 0.356 e. The molecule has 0 aliphatic carbocycles. The first-order valence-electron chi connectivity index (χ1n) is 5.14. The minimum atomic E-state index is -1.29. The Labute approximate surface area is 116 Å². The molecule has 1 aromatic heterocycles. The van der Waals surface area contributed by atoms with Crippen molar-refractivity contribution in [1.82, 2.24) is 9.97 Å². The van der Waals surface area contributed by atoms with Crippen molar-refractivity contribution in [1.29, 1.82) is 0 Å². The van der Waals surface area contributed by atoms with Crippen LogP contribution < -0.4 is 4.74 Å². The molecule has 2 rings (SSSR count). The van der Waals surface area contributed by atoms with E-state index in [4.69, 9.17) is 21.4 Å². The Balaban J connectivity index is 2.39. The predicted octanol–water partition coefficient (Wildman–Crippen LogP) is 2.53. The number of hydrogen-bond acceptors (Lipinski definition) is 6. The van der Waals surface area contributed by atoms with Crippen molar-refractivity contribution in [3.05, 3.63) is 51.4 Å². The van der Waals surface area contributed by atoms with Gasteiger partial charge < -0.3 is 9.84 Å². The summed E-state index contributed by atoms with van der Waals surface area (Å²) in [6.07, 6.45) is 2.17. The van der Waals surface area contributed by atoms with Crippen molar-refractivity contribution in [2.45, 2.75) is 0 Å². The Morgan fingerprint density at radius 3 is 2.80 bits per heavy atom. The molecular formula is C11H6ClN3O5. The Bertz CT molecular complexity index is 692. The van der Waals surface area contributed by atoms with Crippen LogP contribution in [0.15, 0.2) is 30.6 Å². The molecular weight excluding hydrogens is 290 g/mol. The fourth-order valence-corrected chi connectivity index (χ4v) is 1.50. The molecule has 0 radical (unpaired) electrons. The van der Waals surface area contributed by atoms with Crippen LogP contribution in [-0.2, 0) is 0 Å². The quantitative estimate of drug-likeness (QED) is 0.680. The van der Waals surface area contributed by atoms with Crippen molar-refractivity contribution in [3.8, 4) is 11.6 Å². The number of ether oxygens (including phenoxy) is 1. The second kappa shape index (κ2) is 5.49. The molecule has 102 valence electrons. The van der Waals surface area contributed by atoms with Crippen molar-refractivity contribution in [3.63, 3.8) is 0 Å². The summed E-state index contributed by atoms with van der Waals surface area (Å²) in [7, 11) is 0. The molecule has 1 heterocycles. The van der Waals surface area contributed by atoms with Crippen LogP contribution in [0.5, 0.6) is 11.6 Å². The third-order valence-corrected chi connectivity index (χ3v) is 2.40. The molecule has 8 nitrogen and oxygen atoms in total. The van der Waals surface area contributed by atoms with Gasteiger partial charge in [-0.25, -0.2) is 9.78 Å². The highest BCUT2D eigenvalue weighted by Gasteiger charge is 2.17. The first-order chi connectivity index (χ1) is 9.47. The second-order valence-electron chi connectivity index (χ2n) is 3.52. The van der Waals surface area contributed by atoms with E-state index in [0.717, 1.165) is 12.4 Å². The number of aromatic nitrogens is 2. The number of nitro benzene ring substituents is 1. The first kappa shape index (κ1) is 13.7. The minimum Gasteiger partial charge on any atom is -0.476 e. The zero-order valence-corrected chi connectivity index (χ0v) is 10.4. The van der Waals surface area contributed by atoms with Gasteiger partial charge in [-0.2, -0.15) is 0 Å². The fraction of sp³-hybridized carbons (Fsp3) is 0. The highest BCUT2D eigenvalue weighted by Crippen LogP contribution is 2.32. The number of hydrogen-bond donors (Lipinski definition) is 1. The Hall–Kier alpha value is -2.74. The lowest BCUT2D eigenvalue weighted by molar-refractivity contribution is -0.385. The van der Waals surface area contributed by atoms with Gasteiger partial charge in [-0.1, -0.05) is 11.6 Å². The number of aromatic carboxylic acids is 1. The molecule has 20 heavy (non-hydrogen) atoms. The Morgan fingerprint density at radius 2 is 2.15 bits per heavy atom. The van der Waals surface area contributed by atoms with Crippen molar-refractivity contribution >= 4 is 23.3 Å². The van der Waals surface area contributed by atoms with E-state index in [-0.39, 0.29) is 28.0 Å². The molecule has 0 spiro atoms. The number of nitro groups is 1. The zero-order chi connectivity index (χ0) is 14.7. The molecule has 0 amide bonds. The fourth-order valence-electron chi connectivity index (χ4n) is 1.33. The van der Waals surface area contributed by atoms with E-state index >= 15 is 0 Å². The number of carboxylic acids is 1. The van der Waals surface area contributed by atoms with Gasteiger partial charge in [0, 0.05) is 17.2 Å². The van der Waals surface area contributed by atoms with Crippen LogP contribution in [0.4, 0.5) is 5.69 Å². The summed E-state index contributed by atoms with van der Waals surface area (Å²) in [5.74, 6) is -1.63. The van der Waals surface area contributed by atoms with E-state index in [2.05, 4.69) is 9.97 Å². The highest BCUT2D eigenvalue weighted by atomic mass is 35.5. The van der Waals surface area contributed by atoms with Crippen LogP contribution in [0.2, 0.25) is 5.02 Å². The summed E-state index contributed by atoms with van der Waals surface area (Å²) in [5.41, 5.74) is -0.663. The summed E-state index contributed by atoms with van der Waals surface area (Å²) >= 11 is 5.74. The lowest BCUT2D eigenvalue weighted by Crippen LogP contribution is -2.02. The molecule has 1 N–H and O–H groups in total. The summed E-state index contributed by atoms with van der Waals surface area (Å²) in [6, 6.07) is 3.74. The van der Waals surface area contributed by atoms with E-state index in [0.29, 0.717) is 0 Å². The van der Waals surface area contributed by atoms with Gasteiger partial charge in [-0.05, 0) is 6.07 Å². The SMILES string of the molecule is O=C(O)c1cncc(Oc2cc(Cl)ccc2[N+](=O)[O-])n1. The third kappa shape index (κ3) is 2.98. The number of carboxylic acid groups (broad SMARTS) is 1. The summed E-state index contributed by atoms with van der Waals surface area (Å²) in [5, 5.41) is 19.9. The molecule has 0 fully saturated rings. The van der Waals surface area contributed by atoms with Gasteiger partial charge in [0.05, 0.1) is 17.3 Å². The normalized spacial score (nSPS) is 10.1. The number of halogens is 1. The first-order valence-corrected chi connectivity index (χ1v) is 5.52. The molecule has 0 unspecified atom stereocenters. The van der Waals surface area contributed by atoms with Gasteiger partial charge in [0.15, 0.2) is 5.69 Å². The topological polar surface area (TPSA) is 115 Å². The molecule has 0 bridgehead atoms. The van der Waals surface area contributed by atoms with E-state index < -0.39 is 10.9 Å². The lowest BCUT2D eigenvalue weighted by Gasteiger charge is -2.05. The largest absolute Gasteiger partial charge is 0.476 e. The standard InChI is InChI=1S/C11H6ClN3O5/c12-6-1-2-8(15(18)19)9(3-6)20-10-5-13-4-7(14-10)11(16)17/h1-5H,(H,16,17). The summed E-state index contributed by atoms with van der Waals surface area (Å²) < 4.78 is 5.18. The average molecular weight is 296 g/mol. The maximum absolute atomic E-state index is 10.9. The van der Waals surface area contributed by atoms with E-state index in [1.807, 2.05) is 0 Å². The van der Waals surface area contributed by atoms with Crippen LogP contribution in [-0.4, -0.2) is 26.0 Å². The minimum absolute atomic E-state index is 0.153. The molecule has 0 aliphatic rings. The monoisotopic (exact) mass is 295 g/mol. The molecule has 9 heteroatoms. The van der Waals surface area contributed by atoms with E-state index in [1.165, 1.54) is 18.2 Å². The van der Waals surface area contributed by atoms with Crippen molar-refractivity contribution in [2.75, 3.05) is 0 Å². The van der Waals surface area contributed by atoms with Crippen LogP contribution in [0.25, 0.3) is 0 Å². The second-order valence-corrected chi connectivity index (χ2v) is 3.96. The predicted molar refractivity (Wildman–Crippen MR) is 67.2 cm³/mol. The molecule has 0 saturated heterocycles. The highest BCUT2D eigenvalue weighted by molar-refractivity contribution is 6.30. The summed E-state index contributed by atoms with van der Waals surface area (Å²) in [4.78, 5) is 28.2. The van der Waals surface area contributed by atoms with Crippen LogP contribution >= 0.6 is 11.6 Å². The lowest BCUT2D eigenvalue weighted by atomic mass is 10.3. The van der Waals surface area contributed by atoms with Crippen LogP contribution in [0, 0.1) is 10.1 Å². The zero-order valence-electron chi connectivity index (χ0n) is 9.69. The maximum atomic E-state index is 10.9. The van der Waals surface area contributed by atoms with Gasteiger partial charge in [0.2, 0.25) is 11.6 Å². The van der Waals surface area contributed by atoms with Crippen molar-refractivity contribution in [2.24, 2.45) is 0 Å². The van der Waals surface area contributed by atoms with Crippen LogP contribution in [0.1, 0.15) is 10.5 Å². The van der Waals surface area contributed by atoms with Gasteiger partial charge in [0.25, 0.3) is 0 Å². The average Bonchev–Trinajstić information content (AvgIpc) is 2.38. The van der Waals surface area contributed by atoms with Crippen molar-refractivity contribution < 1.29 is 19.6 Å². The number of benzene rings is 1. The number of rotatable bonds is 4. The van der Waals surface area contributed by atoms with Gasteiger partial charge >= 0.3 is 11.7 Å². The Morgan fingerprint density at radius 1 is 1.40 bits per heavy atom. The number of carbonyl (C=O) groups is 1. The van der Waals surface area contributed by atoms with Gasteiger partial charge in [0.1, 0.15) is 0 Å². The molecule has 0 aliphatic heterocycles. The number of nitrogens with zero attached hydrogens (tertiary/aromatic N) is 3. The smallest absolute Gasteiger partial charge is 0.356 e. The van der Waals surface area contributed by atoms with E-state index in [9.17, 15) is 14.9 Å². The van der Waals surface area contributed by atoms with Gasteiger partial charge in [-0.15, -0.1) is 0 Å².